The molecule has 18 heavy (non-hydrogen) atoms. The predicted octanol–water partition coefficient (Wildman–Crippen LogP) is 3.32. The standard InChI is InChI=1S/C15H14FNO/c1-3-11-5-4-8-17-14(11)15(18)12-7-6-10(2)13(16)9-12/h4-9H,3H2,1-2H3. The summed E-state index contributed by atoms with van der Waals surface area (Å²) in [4.78, 5) is 16.4. The zero-order valence-electron chi connectivity index (χ0n) is 10.4. The van der Waals surface area contributed by atoms with Crippen LogP contribution in [0.15, 0.2) is 36.5 Å². The number of aromatic nitrogens is 1. The molecule has 2 aromatic rings. The van der Waals surface area contributed by atoms with Gasteiger partial charge < -0.3 is 0 Å². The van der Waals surface area contributed by atoms with E-state index in [0.717, 1.165) is 12.0 Å². The number of rotatable bonds is 3. The zero-order chi connectivity index (χ0) is 13.1. The van der Waals surface area contributed by atoms with Crippen LogP contribution in [0.3, 0.4) is 0 Å². The number of pyridine rings is 1. The Hall–Kier alpha value is -2.03. The zero-order valence-corrected chi connectivity index (χ0v) is 10.4. The van der Waals surface area contributed by atoms with E-state index in [4.69, 9.17) is 0 Å². The Morgan fingerprint density at radius 3 is 2.78 bits per heavy atom. The maximum absolute atomic E-state index is 13.5. The molecule has 1 heterocycles. The van der Waals surface area contributed by atoms with Gasteiger partial charge in [-0.15, -0.1) is 0 Å². The second-order valence-electron chi connectivity index (χ2n) is 4.16. The molecule has 0 unspecified atom stereocenters. The first-order valence-corrected chi connectivity index (χ1v) is 5.88. The van der Waals surface area contributed by atoms with Gasteiger partial charge in [-0.2, -0.15) is 0 Å². The van der Waals surface area contributed by atoms with Crippen molar-refractivity contribution in [3.8, 4) is 0 Å². The van der Waals surface area contributed by atoms with Gasteiger partial charge in [0.25, 0.3) is 0 Å². The molecule has 0 radical (unpaired) electrons. The lowest BCUT2D eigenvalue weighted by Crippen LogP contribution is -2.08. The van der Waals surface area contributed by atoms with Crippen molar-refractivity contribution in [1.82, 2.24) is 4.98 Å². The summed E-state index contributed by atoms with van der Waals surface area (Å²) in [6, 6.07) is 8.17. The molecule has 0 amide bonds. The third-order valence-corrected chi connectivity index (χ3v) is 2.92. The van der Waals surface area contributed by atoms with Crippen molar-refractivity contribution >= 4 is 5.78 Å². The highest BCUT2D eigenvalue weighted by Crippen LogP contribution is 2.15. The molecule has 2 nitrogen and oxygen atoms in total. The van der Waals surface area contributed by atoms with E-state index in [-0.39, 0.29) is 11.6 Å². The highest BCUT2D eigenvalue weighted by atomic mass is 19.1. The molecular weight excluding hydrogens is 229 g/mol. The molecule has 0 aliphatic rings. The Morgan fingerprint density at radius 1 is 1.33 bits per heavy atom. The summed E-state index contributed by atoms with van der Waals surface area (Å²) in [7, 11) is 0. The van der Waals surface area contributed by atoms with E-state index in [9.17, 15) is 9.18 Å². The van der Waals surface area contributed by atoms with Crippen molar-refractivity contribution in [2.24, 2.45) is 0 Å². The fraction of sp³-hybridized carbons (Fsp3) is 0.200. The average Bonchev–Trinajstić information content (AvgIpc) is 2.41. The minimum Gasteiger partial charge on any atom is -0.287 e. The van der Waals surface area contributed by atoms with E-state index < -0.39 is 0 Å². The lowest BCUT2D eigenvalue weighted by Gasteiger charge is -2.06. The molecule has 1 aromatic heterocycles. The molecule has 2 rings (SSSR count). The van der Waals surface area contributed by atoms with Gasteiger partial charge in [-0.3, -0.25) is 9.78 Å². The smallest absolute Gasteiger partial charge is 0.211 e. The molecule has 0 bridgehead atoms. The highest BCUT2D eigenvalue weighted by molar-refractivity contribution is 6.08. The van der Waals surface area contributed by atoms with Crippen LogP contribution in [-0.4, -0.2) is 10.8 Å². The van der Waals surface area contributed by atoms with E-state index in [2.05, 4.69) is 4.98 Å². The third-order valence-electron chi connectivity index (χ3n) is 2.92. The number of hydrogen-bond donors (Lipinski definition) is 0. The van der Waals surface area contributed by atoms with Gasteiger partial charge in [-0.05, 0) is 36.6 Å². The SMILES string of the molecule is CCc1cccnc1C(=O)c1ccc(C)c(F)c1. The fourth-order valence-corrected chi connectivity index (χ4v) is 1.80. The Labute approximate surface area is 105 Å². The van der Waals surface area contributed by atoms with E-state index in [1.54, 1.807) is 31.3 Å². The number of carbonyl (C=O) groups excluding carboxylic acids is 1. The molecule has 0 N–H and O–H groups in total. The average molecular weight is 243 g/mol. The summed E-state index contributed by atoms with van der Waals surface area (Å²) in [5.41, 5.74) is 2.15. The van der Waals surface area contributed by atoms with Crippen molar-refractivity contribution in [3.63, 3.8) is 0 Å². The third kappa shape index (κ3) is 2.30. The molecule has 0 saturated carbocycles. The van der Waals surface area contributed by atoms with Crippen LogP contribution in [0.25, 0.3) is 0 Å². The van der Waals surface area contributed by atoms with Crippen LogP contribution in [0.5, 0.6) is 0 Å². The molecule has 1 aromatic carbocycles. The van der Waals surface area contributed by atoms with Crippen molar-refractivity contribution in [3.05, 3.63) is 64.7 Å². The summed E-state index contributed by atoms with van der Waals surface area (Å²) in [6.45, 7) is 3.63. The molecule has 0 aliphatic carbocycles. The summed E-state index contributed by atoms with van der Waals surface area (Å²) < 4.78 is 13.5. The van der Waals surface area contributed by atoms with Gasteiger partial charge in [0.2, 0.25) is 5.78 Å². The topological polar surface area (TPSA) is 30.0 Å². The van der Waals surface area contributed by atoms with Crippen molar-refractivity contribution in [2.45, 2.75) is 20.3 Å². The van der Waals surface area contributed by atoms with Crippen molar-refractivity contribution < 1.29 is 9.18 Å². The first-order chi connectivity index (χ1) is 8.63. The molecule has 0 atom stereocenters. The molecular formula is C15H14FNO. The Balaban J connectivity index is 2.44. The number of nitrogens with zero attached hydrogens (tertiary/aromatic N) is 1. The van der Waals surface area contributed by atoms with E-state index in [1.165, 1.54) is 6.07 Å². The minimum absolute atomic E-state index is 0.230. The number of aryl methyl sites for hydroxylation is 2. The molecule has 0 saturated heterocycles. The maximum Gasteiger partial charge on any atom is 0.211 e. The summed E-state index contributed by atoms with van der Waals surface area (Å²) in [5, 5.41) is 0. The second kappa shape index (κ2) is 5.08. The van der Waals surface area contributed by atoms with Gasteiger partial charge in [-0.1, -0.05) is 25.1 Å². The number of ketones is 1. The van der Waals surface area contributed by atoms with Gasteiger partial charge in [0.05, 0.1) is 0 Å². The Morgan fingerprint density at radius 2 is 2.11 bits per heavy atom. The van der Waals surface area contributed by atoms with Crippen molar-refractivity contribution in [2.75, 3.05) is 0 Å². The van der Waals surface area contributed by atoms with Crippen LogP contribution in [0.4, 0.5) is 4.39 Å². The van der Waals surface area contributed by atoms with Gasteiger partial charge in [0, 0.05) is 11.8 Å². The first kappa shape index (κ1) is 12.4. The Bertz CT molecular complexity index is 593. The molecule has 0 aliphatic heterocycles. The van der Waals surface area contributed by atoms with Crippen LogP contribution < -0.4 is 0 Å². The number of halogens is 1. The molecule has 0 fully saturated rings. The maximum atomic E-state index is 13.5. The fourth-order valence-electron chi connectivity index (χ4n) is 1.80. The summed E-state index contributed by atoms with van der Waals surface area (Å²) >= 11 is 0. The van der Waals surface area contributed by atoms with E-state index in [0.29, 0.717) is 16.8 Å². The van der Waals surface area contributed by atoms with E-state index in [1.807, 2.05) is 13.0 Å². The lowest BCUT2D eigenvalue weighted by atomic mass is 10.0. The number of benzene rings is 1. The van der Waals surface area contributed by atoms with Gasteiger partial charge in [0.15, 0.2) is 0 Å². The normalized spacial score (nSPS) is 10.4. The molecule has 92 valence electrons. The predicted molar refractivity (Wildman–Crippen MR) is 68.2 cm³/mol. The Kier molecular flexibility index (Phi) is 3.51. The highest BCUT2D eigenvalue weighted by Gasteiger charge is 2.15. The monoisotopic (exact) mass is 243 g/mol. The quantitative estimate of drug-likeness (QED) is 0.774. The summed E-state index contributed by atoms with van der Waals surface area (Å²) in [5.74, 6) is -0.596. The van der Waals surface area contributed by atoms with E-state index >= 15 is 0 Å². The van der Waals surface area contributed by atoms with Crippen LogP contribution in [0, 0.1) is 12.7 Å². The first-order valence-electron chi connectivity index (χ1n) is 5.88. The van der Waals surface area contributed by atoms with Crippen LogP contribution in [0.1, 0.15) is 34.1 Å². The minimum atomic E-state index is -0.366. The summed E-state index contributed by atoms with van der Waals surface area (Å²) in [6.07, 6.45) is 2.31. The second-order valence-corrected chi connectivity index (χ2v) is 4.16. The van der Waals surface area contributed by atoms with Gasteiger partial charge in [0.1, 0.15) is 11.5 Å². The van der Waals surface area contributed by atoms with Crippen molar-refractivity contribution in [1.29, 1.82) is 0 Å². The largest absolute Gasteiger partial charge is 0.287 e. The van der Waals surface area contributed by atoms with Crippen LogP contribution >= 0.6 is 0 Å². The van der Waals surface area contributed by atoms with Gasteiger partial charge >= 0.3 is 0 Å². The molecule has 0 spiro atoms. The lowest BCUT2D eigenvalue weighted by molar-refractivity contribution is 0.103. The van der Waals surface area contributed by atoms with Crippen LogP contribution in [-0.2, 0) is 6.42 Å². The molecule has 3 heteroatoms. The number of carbonyl (C=O) groups is 1. The van der Waals surface area contributed by atoms with Crippen LogP contribution in [0.2, 0.25) is 0 Å². The number of hydrogen-bond acceptors (Lipinski definition) is 2. The van der Waals surface area contributed by atoms with Gasteiger partial charge in [-0.25, -0.2) is 4.39 Å².